The second-order valence-electron chi connectivity index (χ2n) is 4.08. The summed E-state index contributed by atoms with van der Waals surface area (Å²) in [5.74, 6) is 1.15. The number of rotatable bonds is 4. The Kier molecular flexibility index (Phi) is 3.72. The zero-order valence-electron chi connectivity index (χ0n) is 10.6. The van der Waals surface area contributed by atoms with E-state index in [2.05, 4.69) is 5.32 Å². The Bertz CT molecular complexity index is 521. The van der Waals surface area contributed by atoms with Crippen molar-refractivity contribution in [2.75, 3.05) is 11.9 Å². The lowest BCUT2D eigenvalue weighted by atomic mass is 10.2. The summed E-state index contributed by atoms with van der Waals surface area (Å²) in [6.07, 6.45) is 0. The van der Waals surface area contributed by atoms with Crippen LogP contribution in [0.4, 0.5) is 11.4 Å². The number of anilines is 2. The molecule has 0 aliphatic heterocycles. The normalized spacial score (nSPS) is 10.1. The molecule has 0 unspecified atom stereocenters. The van der Waals surface area contributed by atoms with Gasteiger partial charge in [-0.2, -0.15) is 0 Å². The van der Waals surface area contributed by atoms with Crippen molar-refractivity contribution < 1.29 is 9.84 Å². The molecule has 0 bridgehead atoms. The Morgan fingerprint density at radius 3 is 2.44 bits per heavy atom. The number of phenols is 1. The third-order valence-corrected chi connectivity index (χ3v) is 2.65. The molecular weight excluding hydrogens is 226 g/mol. The first-order valence-electron chi connectivity index (χ1n) is 5.98. The fourth-order valence-corrected chi connectivity index (χ4v) is 1.74. The van der Waals surface area contributed by atoms with E-state index in [1.165, 1.54) is 0 Å². The molecular formula is C15H17NO2. The number of hydrogen-bond acceptors (Lipinski definition) is 3. The molecule has 0 spiro atoms. The Hall–Kier alpha value is -2.16. The van der Waals surface area contributed by atoms with Crippen LogP contribution in [-0.4, -0.2) is 11.7 Å². The van der Waals surface area contributed by atoms with Crippen LogP contribution < -0.4 is 10.1 Å². The highest BCUT2D eigenvalue weighted by molar-refractivity contribution is 5.64. The van der Waals surface area contributed by atoms with Crippen molar-refractivity contribution in [2.24, 2.45) is 0 Å². The molecule has 3 heteroatoms. The lowest BCUT2D eigenvalue weighted by Crippen LogP contribution is -1.94. The average Bonchev–Trinajstić information content (AvgIpc) is 2.35. The number of nitrogens with one attached hydrogen (secondary N) is 1. The predicted molar refractivity (Wildman–Crippen MR) is 73.7 cm³/mol. The molecule has 0 atom stereocenters. The van der Waals surface area contributed by atoms with Gasteiger partial charge in [-0.25, -0.2) is 0 Å². The van der Waals surface area contributed by atoms with Crippen LogP contribution in [0.1, 0.15) is 12.5 Å². The highest BCUT2D eigenvalue weighted by Gasteiger charge is 2.00. The van der Waals surface area contributed by atoms with Crippen molar-refractivity contribution in [1.82, 2.24) is 0 Å². The van der Waals surface area contributed by atoms with Crippen molar-refractivity contribution in [3.8, 4) is 11.5 Å². The standard InChI is InChI=1S/C15H17NO2/c1-3-18-14-7-4-12(5-8-14)16-15-9-6-13(17)10-11(15)2/h4-10,16-17H,3H2,1-2H3. The zero-order valence-corrected chi connectivity index (χ0v) is 10.6. The van der Waals surface area contributed by atoms with E-state index in [-0.39, 0.29) is 5.75 Å². The summed E-state index contributed by atoms with van der Waals surface area (Å²) in [5, 5.41) is 12.7. The van der Waals surface area contributed by atoms with Crippen LogP contribution in [0.15, 0.2) is 42.5 Å². The summed E-state index contributed by atoms with van der Waals surface area (Å²) >= 11 is 0. The highest BCUT2D eigenvalue weighted by atomic mass is 16.5. The summed E-state index contributed by atoms with van der Waals surface area (Å²) in [6.45, 7) is 4.59. The first kappa shape index (κ1) is 12.3. The summed E-state index contributed by atoms with van der Waals surface area (Å²) in [5.41, 5.74) is 2.98. The van der Waals surface area contributed by atoms with E-state index in [1.807, 2.05) is 44.2 Å². The summed E-state index contributed by atoms with van der Waals surface area (Å²) in [7, 11) is 0. The van der Waals surface area contributed by atoms with Crippen LogP contribution >= 0.6 is 0 Å². The number of benzene rings is 2. The minimum absolute atomic E-state index is 0.282. The van der Waals surface area contributed by atoms with Gasteiger partial charge in [0.15, 0.2) is 0 Å². The lowest BCUT2D eigenvalue weighted by molar-refractivity contribution is 0.340. The largest absolute Gasteiger partial charge is 0.508 e. The van der Waals surface area contributed by atoms with Gasteiger partial charge in [0.1, 0.15) is 11.5 Å². The Morgan fingerprint density at radius 2 is 1.83 bits per heavy atom. The van der Waals surface area contributed by atoms with E-state index < -0.39 is 0 Å². The van der Waals surface area contributed by atoms with Gasteiger partial charge in [0.25, 0.3) is 0 Å². The SMILES string of the molecule is CCOc1ccc(Nc2ccc(O)cc2C)cc1. The monoisotopic (exact) mass is 243 g/mol. The maximum Gasteiger partial charge on any atom is 0.119 e. The lowest BCUT2D eigenvalue weighted by Gasteiger charge is -2.10. The number of ether oxygens (including phenoxy) is 1. The van der Waals surface area contributed by atoms with Crippen LogP contribution in [0.3, 0.4) is 0 Å². The fraction of sp³-hybridized carbons (Fsp3) is 0.200. The van der Waals surface area contributed by atoms with Crippen LogP contribution in [0, 0.1) is 6.92 Å². The second kappa shape index (κ2) is 5.45. The first-order valence-corrected chi connectivity index (χ1v) is 5.98. The zero-order chi connectivity index (χ0) is 13.0. The third-order valence-electron chi connectivity index (χ3n) is 2.65. The van der Waals surface area contributed by atoms with E-state index in [9.17, 15) is 5.11 Å². The number of hydrogen-bond donors (Lipinski definition) is 2. The van der Waals surface area contributed by atoms with Crippen LogP contribution in [0.2, 0.25) is 0 Å². The Morgan fingerprint density at radius 1 is 1.11 bits per heavy atom. The molecule has 18 heavy (non-hydrogen) atoms. The van der Waals surface area contributed by atoms with Crippen molar-refractivity contribution in [2.45, 2.75) is 13.8 Å². The number of aromatic hydroxyl groups is 1. The van der Waals surface area contributed by atoms with Gasteiger partial charge in [0.05, 0.1) is 6.61 Å². The predicted octanol–water partition coefficient (Wildman–Crippen LogP) is 3.84. The quantitative estimate of drug-likeness (QED) is 0.801. The van der Waals surface area contributed by atoms with Crippen molar-refractivity contribution in [3.63, 3.8) is 0 Å². The summed E-state index contributed by atoms with van der Waals surface area (Å²) in [6, 6.07) is 13.1. The molecule has 2 N–H and O–H groups in total. The molecule has 0 amide bonds. The maximum absolute atomic E-state index is 9.35. The van der Waals surface area contributed by atoms with Crippen molar-refractivity contribution in [1.29, 1.82) is 0 Å². The van der Waals surface area contributed by atoms with E-state index >= 15 is 0 Å². The first-order chi connectivity index (χ1) is 8.69. The molecule has 2 rings (SSSR count). The van der Waals surface area contributed by atoms with E-state index in [0.29, 0.717) is 6.61 Å². The number of phenolic OH excluding ortho intramolecular Hbond substituents is 1. The average molecular weight is 243 g/mol. The highest BCUT2D eigenvalue weighted by Crippen LogP contribution is 2.25. The molecule has 0 aromatic heterocycles. The van der Waals surface area contributed by atoms with Gasteiger partial charge in [-0.3, -0.25) is 0 Å². The summed E-state index contributed by atoms with van der Waals surface area (Å²) in [4.78, 5) is 0. The Labute approximate surface area is 107 Å². The van der Waals surface area contributed by atoms with E-state index in [4.69, 9.17) is 4.74 Å². The third kappa shape index (κ3) is 2.94. The molecule has 3 nitrogen and oxygen atoms in total. The smallest absolute Gasteiger partial charge is 0.119 e. The second-order valence-corrected chi connectivity index (χ2v) is 4.08. The molecule has 2 aromatic rings. The van der Waals surface area contributed by atoms with Gasteiger partial charge >= 0.3 is 0 Å². The van der Waals surface area contributed by atoms with Crippen LogP contribution in [-0.2, 0) is 0 Å². The van der Waals surface area contributed by atoms with Gasteiger partial charge in [0, 0.05) is 11.4 Å². The molecule has 0 aliphatic rings. The number of aryl methyl sites for hydroxylation is 1. The molecule has 0 radical (unpaired) electrons. The molecule has 0 heterocycles. The van der Waals surface area contributed by atoms with Gasteiger partial charge < -0.3 is 15.2 Å². The summed E-state index contributed by atoms with van der Waals surface area (Å²) < 4.78 is 5.39. The molecule has 0 saturated carbocycles. The fourth-order valence-electron chi connectivity index (χ4n) is 1.74. The molecule has 0 saturated heterocycles. The van der Waals surface area contributed by atoms with Crippen LogP contribution in [0.5, 0.6) is 11.5 Å². The van der Waals surface area contributed by atoms with Crippen molar-refractivity contribution >= 4 is 11.4 Å². The molecule has 0 aliphatic carbocycles. The van der Waals surface area contributed by atoms with Crippen molar-refractivity contribution in [3.05, 3.63) is 48.0 Å². The molecule has 2 aromatic carbocycles. The van der Waals surface area contributed by atoms with Gasteiger partial charge in [0.2, 0.25) is 0 Å². The van der Waals surface area contributed by atoms with Gasteiger partial charge in [-0.05, 0) is 61.9 Å². The van der Waals surface area contributed by atoms with Crippen LogP contribution in [0.25, 0.3) is 0 Å². The minimum atomic E-state index is 0.282. The molecule has 94 valence electrons. The minimum Gasteiger partial charge on any atom is -0.508 e. The van der Waals surface area contributed by atoms with E-state index in [0.717, 1.165) is 22.7 Å². The molecule has 0 fully saturated rings. The topological polar surface area (TPSA) is 41.5 Å². The Balaban J connectivity index is 2.13. The van der Waals surface area contributed by atoms with Gasteiger partial charge in [-0.1, -0.05) is 0 Å². The van der Waals surface area contributed by atoms with E-state index in [1.54, 1.807) is 12.1 Å². The van der Waals surface area contributed by atoms with Gasteiger partial charge in [-0.15, -0.1) is 0 Å². The maximum atomic E-state index is 9.35.